The Labute approximate surface area is 136 Å². The molecule has 0 heterocycles. The minimum absolute atomic E-state index is 0.181. The van der Waals surface area contributed by atoms with Gasteiger partial charge in [-0.15, -0.1) is 0 Å². The van der Waals surface area contributed by atoms with Gasteiger partial charge in [-0.05, 0) is 48.5 Å². The number of methoxy groups -OCH3 is 2. The summed E-state index contributed by atoms with van der Waals surface area (Å²) in [4.78, 5) is 0.181. The SMILES string of the molecule is COCCNc1ccc(NS(=O)(=O)c2ccc(OC)cc2)cc1. The number of anilines is 2. The Morgan fingerprint density at radius 3 is 2.09 bits per heavy atom. The van der Waals surface area contributed by atoms with Crippen LogP contribution < -0.4 is 14.8 Å². The molecule has 0 aromatic heterocycles. The number of sulfonamides is 1. The van der Waals surface area contributed by atoms with Crippen molar-refractivity contribution in [1.29, 1.82) is 0 Å². The minimum Gasteiger partial charge on any atom is -0.497 e. The highest BCUT2D eigenvalue weighted by atomic mass is 32.2. The third-order valence-electron chi connectivity index (χ3n) is 3.14. The number of benzene rings is 2. The summed E-state index contributed by atoms with van der Waals surface area (Å²) in [6.07, 6.45) is 0. The molecule has 0 saturated heterocycles. The van der Waals surface area contributed by atoms with E-state index in [9.17, 15) is 8.42 Å². The fourth-order valence-corrected chi connectivity index (χ4v) is 2.98. The predicted molar refractivity (Wildman–Crippen MR) is 90.6 cm³/mol. The second-order valence-corrected chi connectivity index (χ2v) is 6.46. The zero-order valence-electron chi connectivity index (χ0n) is 13.1. The Kier molecular flexibility index (Phi) is 5.84. The van der Waals surface area contributed by atoms with E-state index in [4.69, 9.17) is 9.47 Å². The molecule has 0 bridgehead atoms. The molecule has 0 aliphatic carbocycles. The van der Waals surface area contributed by atoms with E-state index >= 15 is 0 Å². The summed E-state index contributed by atoms with van der Waals surface area (Å²) in [5.74, 6) is 0.607. The van der Waals surface area contributed by atoms with Gasteiger partial charge in [-0.2, -0.15) is 0 Å². The first-order valence-electron chi connectivity index (χ1n) is 7.05. The van der Waals surface area contributed by atoms with Gasteiger partial charge in [-0.1, -0.05) is 0 Å². The van der Waals surface area contributed by atoms with Crippen LogP contribution >= 0.6 is 0 Å². The van der Waals surface area contributed by atoms with Gasteiger partial charge in [0.15, 0.2) is 0 Å². The highest BCUT2D eigenvalue weighted by Gasteiger charge is 2.14. The second kappa shape index (κ2) is 7.85. The van der Waals surface area contributed by atoms with Crippen LogP contribution in [0.2, 0.25) is 0 Å². The van der Waals surface area contributed by atoms with Crippen molar-refractivity contribution in [3.05, 3.63) is 48.5 Å². The maximum Gasteiger partial charge on any atom is 0.261 e. The van der Waals surface area contributed by atoms with Crippen molar-refractivity contribution >= 4 is 21.4 Å². The molecule has 0 atom stereocenters. The number of hydrogen-bond donors (Lipinski definition) is 2. The Morgan fingerprint density at radius 1 is 0.913 bits per heavy atom. The van der Waals surface area contributed by atoms with Crippen LogP contribution in [0.5, 0.6) is 5.75 Å². The minimum atomic E-state index is -3.62. The molecular weight excluding hydrogens is 316 g/mol. The third-order valence-corrected chi connectivity index (χ3v) is 4.54. The van der Waals surface area contributed by atoms with Crippen molar-refractivity contribution < 1.29 is 17.9 Å². The van der Waals surface area contributed by atoms with E-state index in [1.165, 1.54) is 19.2 Å². The van der Waals surface area contributed by atoms with Gasteiger partial charge in [-0.25, -0.2) is 8.42 Å². The maximum atomic E-state index is 12.3. The molecule has 0 aliphatic heterocycles. The van der Waals surface area contributed by atoms with Crippen molar-refractivity contribution in [3.8, 4) is 5.75 Å². The van der Waals surface area contributed by atoms with Crippen LogP contribution in [0.15, 0.2) is 53.4 Å². The lowest BCUT2D eigenvalue weighted by Crippen LogP contribution is -2.13. The molecule has 0 spiro atoms. The van der Waals surface area contributed by atoms with Gasteiger partial charge in [0.2, 0.25) is 0 Å². The highest BCUT2D eigenvalue weighted by Crippen LogP contribution is 2.20. The normalized spacial score (nSPS) is 11.0. The Bertz CT molecular complexity index is 713. The van der Waals surface area contributed by atoms with Gasteiger partial charge in [0, 0.05) is 25.0 Å². The van der Waals surface area contributed by atoms with Crippen LogP contribution in [-0.2, 0) is 14.8 Å². The van der Waals surface area contributed by atoms with E-state index in [0.717, 1.165) is 5.69 Å². The molecule has 0 unspecified atom stereocenters. The molecule has 2 aromatic carbocycles. The van der Waals surface area contributed by atoms with E-state index in [1.807, 2.05) is 12.1 Å². The summed E-state index contributed by atoms with van der Waals surface area (Å²) in [6.45, 7) is 1.29. The van der Waals surface area contributed by atoms with Crippen LogP contribution in [-0.4, -0.2) is 35.8 Å². The van der Waals surface area contributed by atoms with Gasteiger partial charge < -0.3 is 14.8 Å². The summed E-state index contributed by atoms with van der Waals surface area (Å²) in [6, 6.07) is 13.2. The standard InChI is InChI=1S/C16H20N2O4S/c1-21-12-11-17-13-3-5-14(6-4-13)18-23(19,20)16-9-7-15(22-2)8-10-16/h3-10,17-18H,11-12H2,1-2H3. The monoisotopic (exact) mass is 336 g/mol. The quantitative estimate of drug-likeness (QED) is 0.725. The summed E-state index contributed by atoms with van der Waals surface area (Å²) in [7, 11) is -0.449. The molecule has 7 heteroatoms. The molecule has 0 radical (unpaired) electrons. The van der Waals surface area contributed by atoms with Gasteiger partial charge in [0.25, 0.3) is 10.0 Å². The third kappa shape index (κ3) is 4.87. The van der Waals surface area contributed by atoms with E-state index in [1.54, 1.807) is 31.4 Å². The second-order valence-electron chi connectivity index (χ2n) is 4.78. The molecule has 2 N–H and O–H groups in total. The van der Waals surface area contributed by atoms with Crippen molar-refractivity contribution in [2.75, 3.05) is 37.4 Å². The van der Waals surface area contributed by atoms with E-state index in [-0.39, 0.29) is 4.90 Å². The van der Waals surface area contributed by atoms with E-state index in [0.29, 0.717) is 24.6 Å². The van der Waals surface area contributed by atoms with Crippen molar-refractivity contribution in [3.63, 3.8) is 0 Å². The largest absolute Gasteiger partial charge is 0.497 e. The fourth-order valence-electron chi connectivity index (χ4n) is 1.92. The molecule has 23 heavy (non-hydrogen) atoms. The summed E-state index contributed by atoms with van der Waals surface area (Å²) < 4.78 is 37.1. The Balaban J connectivity index is 2.04. The lowest BCUT2D eigenvalue weighted by molar-refractivity contribution is 0.211. The number of nitrogens with one attached hydrogen (secondary N) is 2. The van der Waals surface area contributed by atoms with Crippen LogP contribution in [0.4, 0.5) is 11.4 Å². The van der Waals surface area contributed by atoms with Gasteiger partial charge in [-0.3, -0.25) is 4.72 Å². The molecule has 6 nitrogen and oxygen atoms in total. The lowest BCUT2D eigenvalue weighted by Gasteiger charge is -2.10. The molecule has 0 amide bonds. The van der Waals surface area contributed by atoms with Gasteiger partial charge in [0.1, 0.15) is 5.75 Å². The maximum absolute atomic E-state index is 12.3. The van der Waals surface area contributed by atoms with Gasteiger partial charge in [0.05, 0.1) is 18.6 Å². The summed E-state index contributed by atoms with van der Waals surface area (Å²) >= 11 is 0. The molecule has 0 aliphatic rings. The fraction of sp³-hybridized carbons (Fsp3) is 0.250. The average molecular weight is 336 g/mol. The van der Waals surface area contributed by atoms with Crippen LogP contribution in [0, 0.1) is 0 Å². The first-order chi connectivity index (χ1) is 11.0. The predicted octanol–water partition coefficient (Wildman–Crippen LogP) is 2.55. The van der Waals surface area contributed by atoms with E-state index in [2.05, 4.69) is 10.0 Å². The van der Waals surface area contributed by atoms with Gasteiger partial charge >= 0.3 is 0 Å². The van der Waals surface area contributed by atoms with Crippen molar-refractivity contribution in [2.45, 2.75) is 4.90 Å². The molecule has 2 rings (SSSR count). The molecule has 0 fully saturated rings. The molecule has 2 aromatic rings. The highest BCUT2D eigenvalue weighted by molar-refractivity contribution is 7.92. The Morgan fingerprint density at radius 2 is 1.52 bits per heavy atom. The van der Waals surface area contributed by atoms with Crippen LogP contribution in [0.3, 0.4) is 0 Å². The zero-order chi connectivity index (χ0) is 16.7. The molecule has 124 valence electrons. The Hall–Kier alpha value is -2.25. The van der Waals surface area contributed by atoms with E-state index < -0.39 is 10.0 Å². The number of hydrogen-bond acceptors (Lipinski definition) is 5. The van der Waals surface area contributed by atoms with Crippen LogP contribution in [0.25, 0.3) is 0 Å². The smallest absolute Gasteiger partial charge is 0.261 e. The average Bonchev–Trinajstić information content (AvgIpc) is 2.56. The zero-order valence-corrected chi connectivity index (χ0v) is 13.9. The van der Waals surface area contributed by atoms with Crippen molar-refractivity contribution in [2.24, 2.45) is 0 Å². The lowest BCUT2D eigenvalue weighted by atomic mass is 10.3. The summed E-state index contributed by atoms with van der Waals surface area (Å²) in [5, 5.41) is 3.16. The summed E-state index contributed by atoms with van der Waals surface area (Å²) in [5.41, 5.74) is 1.40. The molecular formula is C16H20N2O4S. The first-order valence-corrected chi connectivity index (χ1v) is 8.53. The number of rotatable bonds is 8. The van der Waals surface area contributed by atoms with Crippen LogP contribution in [0.1, 0.15) is 0 Å². The molecule has 0 saturated carbocycles. The topological polar surface area (TPSA) is 76.7 Å². The first kappa shape index (κ1) is 17.1. The number of ether oxygens (including phenoxy) is 2. The van der Waals surface area contributed by atoms with Crippen molar-refractivity contribution in [1.82, 2.24) is 0 Å².